The van der Waals surface area contributed by atoms with Crippen molar-refractivity contribution >= 4 is 14.5 Å². The fourth-order valence-electron chi connectivity index (χ4n) is 4.13. The second-order valence-corrected chi connectivity index (χ2v) is 12.4. The van der Waals surface area contributed by atoms with Crippen LogP contribution < -0.4 is 0 Å². The van der Waals surface area contributed by atoms with Crippen LogP contribution in [0.15, 0.2) is 73.3 Å². The van der Waals surface area contributed by atoms with E-state index in [-0.39, 0.29) is 6.04 Å². The molecular formula is C23H30NOSi+. The highest BCUT2D eigenvalue weighted by molar-refractivity contribution is 6.69. The van der Waals surface area contributed by atoms with E-state index >= 15 is 0 Å². The van der Waals surface area contributed by atoms with Gasteiger partial charge in [0.15, 0.2) is 26.2 Å². The number of rotatable bonds is 6. The van der Waals surface area contributed by atoms with Crippen LogP contribution in [0.1, 0.15) is 24.0 Å². The van der Waals surface area contributed by atoms with Gasteiger partial charge in [0.2, 0.25) is 0 Å². The summed E-state index contributed by atoms with van der Waals surface area (Å²) in [6.07, 6.45) is 6.31. The predicted molar refractivity (Wildman–Crippen MR) is 113 cm³/mol. The Morgan fingerprint density at radius 2 is 1.54 bits per heavy atom. The van der Waals surface area contributed by atoms with Crippen molar-refractivity contribution in [3.05, 3.63) is 84.4 Å². The average molecular weight is 365 g/mol. The molecule has 0 aromatic heterocycles. The number of nitrogens with zero attached hydrogens (tertiary/aromatic N) is 1. The van der Waals surface area contributed by atoms with Gasteiger partial charge in [-0.15, -0.1) is 0 Å². The Balaban J connectivity index is 2.28. The molecule has 0 radical (unpaired) electrons. The maximum atomic E-state index is 7.10. The Hall–Kier alpha value is -1.97. The topological polar surface area (TPSA) is 12.2 Å². The van der Waals surface area contributed by atoms with Gasteiger partial charge in [-0.3, -0.25) is 0 Å². The van der Waals surface area contributed by atoms with Crippen LogP contribution >= 0.6 is 0 Å². The summed E-state index contributed by atoms with van der Waals surface area (Å²) in [5.41, 5.74) is 2.01. The lowest BCUT2D eigenvalue weighted by Gasteiger charge is -2.42. The van der Waals surface area contributed by atoms with E-state index < -0.39 is 13.9 Å². The average Bonchev–Trinajstić information content (AvgIpc) is 3.09. The van der Waals surface area contributed by atoms with E-state index in [1.807, 2.05) is 6.08 Å². The summed E-state index contributed by atoms with van der Waals surface area (Å²) in [6, 6.07) is 21.8. The molecule has 1 atom stereocenters. The van der Waals surface area contributed by atoms with Crippen LogP contribution in [0.2, 0.25) is 19.6 Å². The van der Waals surface area contributed by atoms with Gasteiger partial charge in [-0.2, -0.15) is 0 Å². The molecule has 0 aliphatic carbocycles. The van der Waals surface area contributed by atoms with Crippen molar-refractivity contribution in [3.8, 4) is 0 Å². The Kier molecular flexibility index (Phi) is 5.59. The summed E-state index contributed by atoms with van der Waals surface area (Å²) in [7, 11) is -1.84. The standard InChI is InChI=1S/C23H30NOSi/c1-5-18-24-19-12-17-22(24)23(25-26(2,3)4,20-13-8-6-9-14-20)21-15-10-7-11-16-21/h5-11,13-16,18,22H,1,12,17,19H2,2-4H3/q+1/t22-/m0/s1. The number of hydrogen-bond acceptors (Lipinski definition) is 1. The number of hydrogen-bond donors (Lipinski definition) is 0. The summed E-state index contributed by atoms with van der Waals surface area (Å²) < 4.78 is 9.52. The van der Waals surface area contributed by atoms with Gasteiger partial charge in [0.1, 0.15) is 6.54 Å². The van der Waals surface area contributed by atoms with Gasteiger partial charge in [0.05, 0.1) is 0 Å². The molecule has 0 saturated carbocycles. The first-order valence-electron chi connectivity index (χ1n) is 9.50. The fraction of sp³-hybridized carbons (Fsp3) is 0.348. The van der Waals surface area contributed by atoms with Gasteiger partial charge in [0.25, 0.3) is 0 Å². The maximum absolute atomic E-state index is 7.10. The molecule has 0 bridgehead atoms. The molecule has 2 aromatic rings. The minimum Gasteiger partial charge on any atom is -0.399 e. The van der Waals surface area contributed by atoms with E-state index in [9.17, 15) is 0 Å². The first-order chi connectivity index (χ1) is 12.5. The van der Waals surface area contributed by atoms with Crippen molar-refractivity contribution in [2.24, 2.45) is 0 Å². The molecule has 136 valence electrons. The molecule has 1 fully saturated rings. The van der Waals surface area contributed by atoms with Crippen molar-refractivity contribution in [2.45, 2.75) is 44.1 Å². The largest absolute Gasteiger partial charge is 0.399 e. The van der Waals surface area contributed by atoms with Crippen LogP contribution in [-0.2, 0) is 10.0 Å². The van der Waals surface area contributed by atoms with Crippen molar-refractivity contribution in [2.75, 3.05) is 6.54 Å². The van der Waals surface area contributed by atoms with Crippen LogP contribution in [0.5, 0.6) is 0 Å². The molecule has 2 aromatic carbocycles. The highest BCUT2D eigenvalue weighted by Gasteiger charge is 2.53. The van der Waals surface area contributed by atoms with Gasteiger partial charge in [-0.25, -0.2) is 4.58 Å². The van der Waals surface area contributed by atoms with E-state index in [1.54, 1.807) is 0 Å². The van der Waals surface area contributed by atoms with Crippen LogP contribution in [-0.4, -0.2) is 31.7 Å². The molecule has 26 heavy (non-hydrogen) atoms. The lowest BCUT2D eigenvalue weighted by Crippen LogP contribution is -2.52. The zero-order valence-corrected chi connectivity index (χ0v) is 17.2. The molecule has 1 aliphatic heterocycles. The van der Waals surface area contributed by atoms with Gasteiger partial charge in [-0.05, 0) is 36.8 Å². The normalized spacial score (nSPS) is 19.7. The minimum absolute atomic E-state index is 0.261. The van der Waals surface area contributed by atoms with Crippen molar-refractivity contribution in [1.29, 1.82) is 0 Å². The van der Waals surface area contributed by atoms with Crippen molar-refractivity contribution < 1.29 is 9.00 Å². The Labute approximate surface area is 159 Å². The summed E-state index contributed by atoms with van der Waals surface area (Å²) in [4.78, 5) is 0. The third-order valence-electron chi connectivity index (χ3n) is 4.93. The van der Waals surface area contributed by atoms with Gasteiger partial charge in [0, 0.05) is 12.8 Å². The smallest absolute Gasteiger partial charge is 0.189 e. The summed E-state index contributed by atoms with van der Waals surface area (Å²) in [5.74, 6) is 0. The number of allylic oxidation sites excluding steroid dienone is 1. The molecule has 0 amide bonds. The predicted octanol–water partition coefficient (Wildman–Crippen LogP) is 5.21. The highest BCUT2D eigenvalue weighted by Crippen LogP contribution is 2.43. The molecule has 0 unspecified atom stereocenters. The summed E-state index contributed by atoms with van der Waals surface area (Å²) in [6.45, 7) is 11.8. The molecular weight excluding hydrogens is 334 g/mol. The summed E-state index contributed by atoms with van der Waals surface area (Å²) in [5, 5.41) is 0. The van der Waals surface area contributed by atoms with Crippen molar-refractivity contribution in [1.82, 2.24) is 0 Å². The van der Waals surface area contributed by atoms with Crippen LogP contribution in [0, 0.1) is 0 Å². The Morgan fingerprint density at radius 3 is 2.00 bits per heavy atom. The molecule has 0 spiro atoms. The molecule has 0 N–H and O–H groups in total. The van der Waals surface area contributed by atoms with E-state index in [0.717, 1.165) is 13.0 Å². The first-order valence-corrected chi connectivity index (χ1v) is 12.9. The zero-order chi connectivity index (χ0) is 18.6. The molecule has 1 saturated heterocycles. The lowest BCUT2D eigenvalue weighted by molar-refractivity contribution is -0.557. The second-order valence-electron chi connectivity index (χ2n) is 7.96. The van der Waals surface area contributed by atoms with Gasteiger partial charge in [-0.1, -0.05) is 67.2 Å². The third-order valence-corrected chi connectivity index (χ3v) is 5.87. The lowest BCUT2D eigenvalue weighted by atomic mass is 9.79. The monoisotopic (exact) mass is 364 g/mol. The zero-order valence-electron chi connectivity index (χ0n) is 16.2. The summed E-state index contributed by atoms with van der Waals surface area (Å²) >= 11 is 0. The Morgan fingerprint density at radius 1 is 1.00 bits per heavy atom. The SMILES string of the molecule is C=CC=[N+]1CCC[C@H]1C(O[Si](C)(C)C)(c1ccccc1)c1ccccc1. The van der Waals surface area contributed by atoms with Crippen molar-refractivity contribution in [3.63, 3.8) is 0 Å². The van der Waals surface area contributed by atoms with Crippen LogP contribution in [0.3, 0.4) is 0 Å². The highest BCUT2D eigenvalue weighted by atomic mass is 28.4. The molecule has 1 heterocycles. The maximum Gasteiger partial charge on any atom is 0.189 e. The third kappa shape index (κ3) is 3.74. The van der Waals surface area contributed by atoms with E-state index in [0.29, 0.717) is 0 Å². The molecule has 2 nitrogen and oxygen atoms in total. The second kappa shape index (κ2) is 7.73. The molecule has 3 rings (SSSR count). The molecule has 3 heteroatoms. The van der Waals surface area contributed by atoms with Gasteiger partial charge < -0.3 is 4.43 Å². The quantitative estimate of drug-likeness (QED) is 0.506. The van der Waals surface area contributed by atoms with E-state index in [1.165, 1.54) is 17.5 Å². The first kappa shape index (κ1) is 18.8. The van der Waals surface area contributed by atoms with Crippen LogP contribution in [0.25, 0.3) is 0 Å². The van der Waals surface area contributed by atoms with Crippen LogP contribution in [0.4, 0.5) is 0 Å². The minimum atomic E-state index is -1.84. The number of benzene rings is 2. The Bertz CT molecular complexity index is 722. The van der Waals surface area contributed by atoms with Gasteiger partial charge >= 0.3 is 0 Å². The molecule has 1 aliphatic rings. The van der Waals surface area contributed by atoms with E-state index in [2.05, 4.69) is 97.7 Å². The fourth-order valence-corrected chi connectivity index (χ4v) is 5.47. The van der Waals surface area contributed by atoms with E-state index in [4.69, 9.17) is 4.43 Å².